The van der Waals surface area contributed by atoms with Gasteiger partial charge in [0.1, 0.15) is 5.75 Å². The highest BCUT2D eigenvalue weighted by molar-refractivity contribution is 5.93. The second-order valence-electron chi connectivity index (χ2n) is 4.38. The highest BCUT2D eigenvalue weighted by Gasteiger charge is 2.28. The molecule has 3 N–H and O–H groups in total. The van der Waals surface area contributed by atoms with Crippen molar-refractivity contribution in [1.29, 1.82) is 0 Å². The van der Waals surface area contributed by atoms with Crippen molar-refractivity contribution >= 4 is 28.7 Å². The van der Waals surface area contributed by atoms with Gasteiger partial charge in [-0.15, -0.1) is 0 Å². The molecule has 0 aromatic heterocycles. The Balaban J connectivity index is 2.63. The predicted octanol–water partition coefficient (Wildman–Crippen LogP) is 2.65. The Morgan fingerprint density at radius 3 is 1.87 bits per heavy atom. The third kappa shape index (κ3) is 3.32. The number of nitro benzene ring substituents is 2. The first-order chi connectivity index (χ1) is 10.8. The lowest BCUT2D eigenvalue weighted by atomic mass is 10.1. The van der Waals surface area contributed by atoms with Crippen molar-refractivity contribution in [3.05, 3.63) is 62.2 Å². The number of nitrogens with zero attached hydrogens (tertiary/aromatic N) is 2. The number of aromatic hydroxyl groups is 1. The van der Waals surface area contributed by atoms with Crippen molar-refractivity contribution in [3.63, 3.8) is 0 Å². The van der Waals surface area contributed by atoms with Crippen molar-refractivity contribution in [2.45, 2.75) is 0 Å². The van der Waals surface area contributed by atoms with Gasteiger partial charge in [-0.05, 0) is 24.3 Å². The standard InChI is InChI=1S/C13H9N3O7/c17-9-3-1-8(2-4-9)14-12-10(15(20)21)5-7(13(18)19)6-11(12)16(22)23/h1-6,14,17H,(H,18,19). The number of aromatic carboxylic acids is 1. The van der Waals surface area contributed by atoms with Gasteiger partial charge < -0.3 is 15.5 Å². The van der Waals surface area contributed by atoms with Crippen LogP contribution in [0.15, 0.2) is 36.4 Å². The largest absolute Gasteiger partial charge is 0.508 e. The fourth-order valence-corrected chi connectivity index (χ4v) is 1.84. The van der Waals surface area contributed by atoms with E-state index in [0.29, 0.717) is 0 Å². The van der Waals surface area contributed by atoms with Gasteiger partial charge in [-0.2, -0.15) is 0 Å². The van der Waals surface area contributed by atoms with Crippen LogP contribution in [0.4, 0.5) is 22.7 Å². The molecule has 10 nitrogen and oxygen atoms in total. The molecule has 2 aromatic rings. The summed E-state index contributed by atoms with van der Waals surface area (Å²) in [5, 5.41) is 42.9. The van der Waals surface area contributed by atoms with Gasteiger partial charge in [0, 0.05) is 17.8 Å². The molecule has 0 unspecified atom stereocenters. The van der Waals surface area contributed by atoms with Crippen LogP contribution in [0.25, 0.3) is 0 Å². The fraction of sp³-hybridized carbons (Fsp3) is 0. The number of hydrogen-bond donors (Lipinski definition) is 3. The van der Waals surface area contributed by atoms with E-state index in [1.807, 2.05) is 0 Å². The number of nitrogens with one attached hydrogen (secondary N) is 1. The van der Waals surface area contributed by atoms with Crippen molar-refractivity contribution in [1.82, 2.24) is 0 Å². The molecule has 10 heteroatoms. The van der Waals surface area contributed by atoms with Crippen LogP contribution in [0.5, 0.6) is 5.75 Å². The van der Waals surface area contributed by atoms with E-state index < -0.39 is 38.4 Å². The summed E-state index contributed by atoms with van der Waals surface area (Å²) in [5.41, 5.74) is -2.26. The fourth-order valence-electron chi connectivity index (χ4n) is 1.84. The molecule has 23 heavy (non-hydrogen) atoms. The first-order valence-corrected chi connectivity index (χ1v) is 6.05. The van der Waals surface area contributed by atoms with Crippen LogP contribution >= 0.6 is 0 Å². The molecule has 0 fully saturated rings. The average Bonchev–Trinajstić information content (AvgIpc) is 2.48. The quantitative estimate of drug-likeness (QED) is 0.431. The van der Waals surface area contributed by atoms with Gasteiger partial charge in [-0.1, -0.05) is 0 Å². The van der Waals surface area contributed by atoms with E-state index in [1.54, 1.807) is 0 Å². The summed E-state index contributed by atoms with van der Waals surface area (Å²) in [5.74, 6) is -1.58. The van der Waals surface area contributed by atoms with Crippen LogP contribution in [0, 0.1) is 20.2 Å². The molecule has 0 atom stereocenters. The zero-order valence-corrected chi connectivity index (χ0v) is 11.3. The molecular weight excluding hydrogens is 310 g/mol. The lowest BCUT2D eigenvalue weighted by molar-refractivity contribution is -0.392. The molecule has 0 radical (unpaired) electrons. The van der Waals surface area contributed by atoms with E-state index in [9.17, 15) is 30.1 Å². The lowest BCUT2D eigenvalue weighted by Crippen LogP contribution is -2.05. The number of carboxylic acids is 1. The Bertz CT molecular complexity index is 767. The van der Waals surface area contributed by atoms with Crippen LogP contribution in [0.3, 0.4) is 0 Å². The summed E-state index contributed by atoms with van der Waals surface area (Å²) in [6.07, 6.45) is 0. The lowest BCUT2D eigenvalue weighted by Gasteiger charge is -2.09. The van der Waals surface area contributed by atoms with E-state index in [4.69, 9.17) is 5.11 Å². The summed E-state index contributed by atoms with van der Waals surface area (Å²) < 4.78 is 0. The predicted molar refractivity (Wildman–Crippen MR) is 78.1 cm³/mol. The summed E-state index contributed by atoms with van der Waals surface area (Å²) >= 11 is 0. The van der Waals surface area contributed by atoms with Crippen LogP contribution in [0.2, 0.25) is 0 Å². The number of carboxylic acid groups (broad SMARTS) is 1. The first-order valence-electron chi connectivity index (χ1n) is 6.05. The number of phenols is 1. The maximum atomic E-state index is 11.1. The smallest absolute Gasteiger partial charge is 0.336 e. The van der Waals surface area contributed by atoms with Gasteiger partial charge in [-0.3, -0.25) is 20.2 Å². The molecular formula is C13H9N3O7. The molecule has 2 rings (SSSR count). The Morgan fingerprint density at radius 1 is 1.00 bits per heavy atom. The van der Waals surface area contributed by atoms with Gasteiger partial charge in [0.05, 0.1) is 15.4 Å². The molecule has 0 spiro atoms. The monoisotopic (exact) mass is 319 g/mol. The van der Waals surface area contributed by atoms with E-state index in [2.05, 4.69) is 5.32 Å². The third-order valence-corrected chi connectivity index (χ3v) is 2.87. The van der Waals surface area contributed by atoms with Gasteiger partial charge in [-0.25, -0.2) is 4.79 Å². The number of benzene rings is 2. The maximum Gasteiger partial charge on any atom is 0.336 e. The number of nitro groups is 2. The van der Waals surface area contributed by atoms with Crippen molar-refractivity contribution < 1.29 is 24.9 Å². The minimum absolute atomic E-state index is 0.0548. The zero-order valence-electron chi connectivity index (χ0n) is 11.3. The van der Waals surface area contributed by atoms with Gasteiger partial charge in [0.15, 0.2) is 5.69 Å². The van der Waals surface area contributed by atoms with Crippen molar-refractivity contribution in [2.75, 3.05) is 5.32 Å². The van der Waals surface area contributed by atoms with Crippen LogP contribution in [0.1, 0.15) is 10.4 Å². The molecule has 0 heterocycles. The summed E-state index contributed by atoms with van der Waals surface area (Å²) in [6.45, 7) is 0. The maximum absolute atomic E-state index is 11.1. The van der Waals surface area contributed by atoms with E-state index in [0.717, 1.165) is 12.1 Å². The van der Waals surface area contributed by atoms with Crippen LogP contribution in [-0.4, -0.2) is 26.0 Å². The number of anilines is 2. The molecule has 0 bridgehead atoms. The van der Waals surface area contributed by atoms with Crippen LogP contribution in [-0.2, 0) is 0 Å². The molecule has 0 saturated carbocycles. The second-order valence-corrected chi connectivity index (χ2v) is 4.38. The van der Waals surface area contributed by atoms with Crippen molar-refractivity contribution in [3.8, 4) is 5.75 Å². The second kappa shape index (κ2) is 5.97. The first kappa shape index (κ1) is 15.7. The Labute approximate surface area is 127 Å². The Kier molecular flexibility index (Phi) is 4.07. The van der Waals surface area contributed by atoms with Crippen LogP contribution < -0.4 is 5.32 Å². The van der Waals surface area contributed by atoms with E-state index in [-0.39, 0.29) is 11.4 Å². The topological polar surface area (TPSA) is 156 Å². The van der Waals surface area contributed by atoms with Gasteiger partial charge in [0.25, 0.3) is 0 Å². The molecule has 118 valence electrons. The summed E-state index contributed by atoms with van der Waals surface area (Å²) in [7, 11) is 0. The molecule has 0 saturated heterocycles. The zero-order chi connectivity index (χ0) is 17.1. The minimum Gasteiger partial charge on any atom is -0.508 e. The molecule has 0 aliphatic rings. The normalized spacial score (nSPS) is 10.1. The SMILES string of the molecule is O=C(O)c1cc([N+](=O)[O-])c(Nc2ccc(O)cc2)c([N+](=O)[O-])c1. The number of hydrogen-bond acceptors (Lipinski definition) is 7. The minimum atomic E-state index is -1.52. The highest BCUT2D eigenvalue weighted by Crippen LogP contribution is 2.38. The van der Waals surface area contributed by atoms with Crippen molar-refractivity contribution in [2.24, 2.45) is 0 Å². The number of phenolic OH excluding ortho intramolecular Hbond substituents is 1. The molecule has 0 amide bonds. The summed E-state index contributed by atoms with van der Waals surface area (Å²) in [6, 6.07) is 6.75. The number of rotatable bonds is 5. The third-order valence-electron chi connectivity index (χ3n) is 2.87. The molecule has 0 aliphatic heterocycles. The number of carbonyl (C=O) groups is 1. The van der Waals surface area contributed by atoms with Gasteiger partial charge in [0.2, 0.25) is 0 Å². The Hall–Kier alpha value is -3.69. The van der Waals surface area contributed by atoms with Gasteiger partial charge >= 0.3 is 17.3 Å². The molecule has 2 aromatic carbocycles. The van der Waals surface area contributed by atoms with E-state index >= 15 is 0 Å². The molecule has 0 aliphatic carbocycles. The average molecular weight is 319 g/mol. The summed E-state index contributed by atoms with van der Waals surface area (Å²) in [4.78, 5) is 31.4. The van der Waals surface area contributed by atoms with E-state index in [1.165, 1.54) is 24.3 Å². The Morgan fingerprint density at radius 2 is 1.48 bits per heavy atom. The highest BCUT2D eigenvalue weighted by atomic mass is 16.6.